The van der Waals surface area contributed by atoms with Gasteiger partial charge in [0.2, 0.25) is 5.91 Å². The van der Waals surface area contributed by atoms with Crippen molar-refractivity contribution in [2.45, 2.75) is 31.8 Å². The predicted molar refractivity (Wildman–Crippen MR) is 112 cm³/mol. The number of nitrogen functional groups attached to an aromatic ring is 1. The summed E-state index contributed by atoms with van der Waals surface area (Å²) in [7, 11) is 0. The number of halogens is 1. The molecule has 4 N–H and O–H groups in total. The first-order valence-corrected chi connectivity index (χ1v) is 9.37. The number of nitrogens with one attached hydrogen (secondary N) is 2. The van der Waals surface area contributed by atoms with Crippen LogP contribution < -0.4 is 16.4 Å². The molecule has 4 rings (SSSR count). The van der Waals surface area contributed by atoms with E-state index in [0.29, 0.717) is 5.56 Å². The van der Waals surface area contributed by atoms with E-state index in [1.807, 2.05) is 18.2 Å². The Morgan fingerprint density at radius 1 is 1.17 bits per heavy atom. The average molecular weight is 415 g/mol. The topological polar surface area (TPSA) is 105 Å². The van der Waals surface area contributed by atoms with Gasteiger partial charge in [0.15, 0.2) is 0 Å². The molecule has 0 spiro atoms. The summed E-state index contributed by atoms with van der Waals surface area (Å²) in [5.41, 5.74) is 10.3. The highest BCUT2D eigenvalue weighted by atomic mass is 35.5. The lowest BCUT2D eigenvalue weighted by atomic mass is 9.87. The largest absolute Gasteiger partial charge is 0.399 e. The second-order valence-corrected chi connectivity index (χ2v) is 7.21. The molecule has 2 aromatic rings. The van der Waals surface area contributed by atoms with Crippen molar-refractivity contribution in [1.29, 1.82) is 0 Å². The van der Waals surface area contributed by atoms with Crippen LogP contribution in [0.3, 0.4) is 0 Å². The van der Waals surface area contributed by atoms with Gasteiger partial charge in [-0.3, -0.25) is 14.5 Å². The van der Waals surface area contributed by atoms with Crippen LogP contribution in [-0.2, 0) is 17.8 Å². The van der Waals surface area contributed by atoms with Gasteiger partial charge in [-0.05, 0) is 60.2 Å². The number of amides is 4. The van der Waals surface area contributed by atoms with Crippen molar-refractivity contribution >= 4 is 35.9 Å². The molecular formula is C21H23ClN4O3. The van der Waals surface area contributed by atoms with Crippen LogP contribution in [0.25, 0.3) is 0 Å². The first-order valence-electron chi connectivity index (χ1n) is 9.37. The second-order valence-electron chi connectivity index (χ2n) is 7.21. The van der Waals surface area contributed by atoms with E-state index < -0.39 is 0 Å². The van der Waals surface area contributed by atoms with E-state index in [2.05, 4.69) is 10.6 Å². The van der Waals surface area contributed by atoms with Crippen LogP contribution >= 0.6 is 12.4 Å². The van der Waals surface area contributed by atoms with E-state index >= 15 is 0 Å². The Labute approximate surface area is 175 Å². The number of nitrogens with zero attached hydrogens (tertiary/aromatic N) is 1. The summed E-state index contributed by atoms with van der Waals surface area (Å²) in [5, 5.41) is 5.60. The van der Waals surface area contributed by atoms with Crippen molar-refractivity contribution in [3.8, 4) is 0 Å². The monoisotopic (exact) mass is 414 g/mol. The maximum Gasteiger partial charge on any atom is 0.324 e. The van der Waals surface area contributed by atoms with E-state index in [-0.39, 0.29) is 49.4 Å². The van der Waals surface area contributed by atoms with Crippen LogP contribution in [0.2, 0.25) is 0 Å². The number of nitrogens with two attached hydrogens (primary N) is 1. The van der Waals surface area contributed by atoms with Crippen molar-refractivity contribution in [2.24, 2.45) is 0 Å². The number of rotatable bonds is 4. The van der Waals surface area contributed by atoms with Crippen LogP contribution in [0.4, 0.5) is 10.5 Å². The number of hydrogen-bond acceptors (Lipinski definition) is 4. The lowest BCUT2D eigenvalue weighted by Gasteiger charge is -2.26. The maximum atomic E-state index is 12.7. The molecule has 1 aliphatic heterocycles. The molecule has 7 nitrogen and oxygen atoms in total. The number of aryl methyl sites for hydroxylation is 1. The van der Waals surface area contributed by atoms with Crippen molar-refractivity contribution in [3.05, 3.63) is 64.7 Å². The average Bonchev–Trinajstić information content (AvgIpc) is 3.00. The number of hydrogen-bond donors (Lipinski definition) is 3. The third-order valence-electron chi connectivity index (χ3n) is 5.28. The Bertz CT molecular complexity index is 929. The Hall–Kier alpha value is -3.06. The molecule has 2 aliphatic rings. The minimum absolute atomic E-state index is 0. The molecule has 29 heavy (non-hydrogen) atoms. The zero-order chi connectivity index (χ0) is 19.7. The standard InChI is InChI=1S/C21H22N4O3.ClH/c22-16-8-9-17-15(10-16)2-1-3-18(17)24-20(27)14-6-4-13(5-7-14)12-25-19(26)11-23-21(25)28;/h4-10,18H,1-3,11-12,22H2,(H,23,28)(H,24,27);1H. The fourth-order valence-electron chi connectivity index (χ4n) is 3.79. The zero-order valence-electron chi connectivity index (χ0n) is 15.8. The summed E-state index contributed by atoms with van der Waals surface area (Å²) in [5.74, 6) is -0.389. The van der Waals surface area contributed by atoms with Gasteiger partial charge in [0.1, 0.15) is 0 Å². The van der Waals surface area contributed by atoms with Crippen LogP contribution in [-0.4, -0.2) is 29.3 Å². The van der Waals surface area contributed by atoms with E-state index in [1.54, 1.807) is 24.3 Å². The van der Waals surface area contributed by atoms with Crippen LogP contribution in [0.15, 0.2) is 42.5 Å². The van der Waals surface area contributed by atoms with Crippen molar-refractivity contribution in [2.75, 3.05) is 12.3 Å². The van der Waals surface area contributed by atoms with Crippen molar-refractivity contribution in [3.63, 3.8) is 0 Å². The smallest absolute Gasteiger partial charge is 0.324 e. The number of imide groups is 1. The quantitative estimate of drug-likeness (QED) is 0.528. The number of carbonyl (C=O) groups is 3. The van der Waals surface area contributed by atoms with Crippen molar-refractivity contribution in [1.82, 2.24) is 15.5 Å². The molecule has 0 aromatic heterocycles. The number of benzene rings is 2. The first kappa shape index (κ1) is 20.7. The Kier molecular flexibility index (Phi) is 6.08. The van der Waals surface area contributed by atoms with Gasteiger partial charge in [0.25, 0.3) is 5.91 Å². The fraction of sp³-hybridized carbons (Fsp3) is 0.286. The first-order chi connectivity index (χ1) is 13.5. The fourth-order valence-corrected chi connectivity index (χ4v) is 3.79. The molecule has 4 amide bonds. The summed E-state index contributed by atoms with van der Waals surface area (Å²) >= 11 is 0. The number of fused-ring (bicyclic) bond motifs is 1. The van der Waals surface area contributed by atoms with Crippen LogP contribution in [0, 0.1) is 0 Å². The molecule has 1 atom stereocenters. The van der Waals surface area contributed by atoms with E-state index in [4.69, 9.17) is 5.73 Å². The zero-order valence-corrected chi connectivity index (χ0v) is 16.6. The third-order valence-corrected chi connectivity index (χ3v) is 5.28. The van der Waals surface area contributed by atoms with Crippen LogP contribution in [0.5, 0.6) is 0 Å². The molecule has 1 saturated heterocycles. The minimum atomic E-state index is -0.386. The normalized spacial score (nSPS) is 17.9. The number of anilines is 1. The maximum absolute atomic E-state index is 12.7. The molecule has 2 aromatic carbocycles. The van der Waals surface area contributed by atoms with E-state index in [1.165, 1.54) is 10.5 Å². The van der Waals surface area contributed by atoms with E-state index in [0.717, 1.165) is 36.1 Å². The highest BCUT2D eigenvalue weighted by molar-refractivity contribution is 6.01. The molecule has 1 aliphatic carbocycles. The molecule has 0 radical (unpaired) electrons. The van der Waals surface area contributed by atoms with Gasteiger partial charge in [-0.25, -0.2) is 4.79 Å². The molecule has 0 bridgehead atoms. The summed E-state index contributed by atoms with van der Waals surface area (Å²) in [6, 6.07) is 12.4. The molecule has 152 valence electrons. The predicted octanol–water partition coefficient (Wildman–Crippen LogP) is 2.55. The molecule has 1 unspecified atom stereocenters. The van der Waals surface area contributed by atoms with Gasteiger partial charge in [-0.15, -0.1) is 12.4 Å². The summed E-state index contributed by atoms with van der Waals surface area (Å²) in [6.45, 7) is 0.234. The second kappa shape index (κ2) is 8.53. The van der Waals surface area contributed by atoms with Crippen molar-refractivity contribution < 1.29 is 14.4 Å². The lowest BCUT2D eigenvalue weighted by molar-refractivity contribution is -0.125. The molecule has 0 saturated carbocycles. The lowest BCUT2D eigenvalue weighted by Crippen LogP contribution is -2.31. The Morgan fingerprint density at radius 3 is 2.62 bits per heavy atom. The molecular weight excluding hydrogens is 392 g/mol. The Balaban J connectivity index is 0.00000240. The van der Waals surface area contributed by atoms with Crippen LogP contribution in [0.1, 0.15) is 45.9 Å². The molecule has 1 heterocycles. The summed E-state index contributed by atoms with van der Waals surface area (Å²) in [6.07, 6.45) is 2.88. The minimum Gasteiger partial charge on any atom is -0.399 e. The summed E-state index contributed by atoms with van der Waals surface area (Å²) in [4.78, 5) is 37.2. The molecule has 8 heteroatoms. The van der Waals surface area contributed by atoms with Gasteiger partial charge >= 0.3 is 6.03 Å². The van der Waals surface area contributed by atoms with Gasteiger partial charge in [0, 0.05) is 11.3 Å². The Morgan fingerprint density at radius 2 is 1.93 bits per heavy atom. The van der Waals surface area contributed by atoms with Gasteiger partial charge in [0.05, 0.1) is 19.1 Å². The third kappa shape index (κ3) is 4.35. The number of carbonyl (C=O) groups excluding carboxylic acids is 3. The van der Waals surface area contributed by atoms with Gasteiger partial charge in [-0.1, -0.05) is 18.2 Å². The van der Waals surface area contributed by atoms with E-state index in [9.17, 15) is 14.4 Å². The highest BCUT2D eigenvalue weighted by Gasteiger charge is 2.28. The SMILES string of the molecule is Cl.Nc1ccc2c(c1)CCCC2NC(=O)c1ccc(CN2C(=O)CNC2=O)cc1. The molecule has 1 fully saturated rings. The number of urea groups is 1. The summed E-state index contributed by atoms with van der Waals surface area (Å²) < 4.78 is 0. The highest BCUT2D eigenvalue weighted by Crippen LogP contribution is 2.31. The van der Waals surface area contributed by atoms with Gasteiger partial charge in [-0.2, -0.15) is 0 Å². The van der Waals surface area contributed by atoms with Gasteiger partial charge < -0.3 is 16.4 Å².